The third-order valence-corrected chi connectivity index (χ3v) is 6.67. The number of fused-ring (bicyclic) bond motifs is 1. The molecule has 3 heterocycles. The molecule has 0 spiro atoms. The number of carbonyl (C=O) groups excluding carboxylic acids is 1. The Bertz CT molecular complexity index is 1020. The van der Waals surface area contributed by atoms with Crippen molar-refractivity contribution in [3.05, 3.63) is 40.5 Å². The molecule has 0 unspecified atom stereocenters. The van der Waals surface area contributed by atoms with Gasteiger partial charge in [0, 0.05) is 12.8 Å². The molecule has 9 heteroatoms. The lowest BCUT2D eigenvalue weighted by Crippen LogP contribution is -3.13. The molecular weight excluding hydrogens is 392 g/mol. The molecule has 4 rings (SSSR count). The highest BCUT2D eigenvalue weighted by atomic mass is 32.1. The first kappa shape index (κ1) is 19.7. The Balaban J connectivity index is 1.75. The number of likely N-dealkylation sites (tertiary alicyclic amines) is 1. The van der Waals surface area contributed by atoms with Crippen molar-refractivity contribution in [2.75, 3.05) is 27.3 Å². The van der Waals surface area contributed by atoms with Gasteiger partial charge in [-0.1, -0.05) is 23.5 Å². The van der Waals surface area contributed by atoms with Crippen LogP contribution < -0.4 is 9.64 Å². The number of quaternary nitrogens is 1. The van der Waals surface area contributed by atoms with E-state index in [2.05, 4.69) is 10.1 Å². The number of nitrogens with one attached hydrogen (secondary N) is 1. The summed E-state index contributed by atoms with van der Waals surface area (Å²) in [7, 11) is 3.09. The number of hydrogen-bond donors (Lipinski definition) is 2. The molecular formula is C20H25N4O4S+. The van der Waals surface area contributed by atoms with E-state index in [0.717, 1.165) is 42.1 Å². The van der Waals surface area contributed by atoms with Crippen molar-refractivity contribution < 1.29 is 24.3 Å². The molecule has 1 saturated heterocycles. The largest absolute Gasteiger partial charge is 0.496 e. The van der Waals surface area contributed by atoms with Crippen LogP contribution in [-0.4, -0.2) is 53.0 Å². The van der Waals surface area contributed by atoms with Crippen LogP contribution in [0.2, 0.25) is 0 Å². The van der Waals surface area contributed by atoms with Gasteiger partial charge in [0.2, 0.25) is 10.8 Å². The predicted molar refractivity (Wildman–Crippen MR) is 108 cm³/mol. The van der Waals surface area contributed by atoms with Gasteiger partial charge in [0.25, 0.3) is 0 Å². The second-order valence-electron chi connectivity index (χ2n) is 7.27. The van der Waals surface area contributed by atoms with E-state index in [0.29, 0.717) is 10.8 Å². The van der Waals surface area contributed by atoms with Gasteiger partial charge in [0.1, 0.15) is 16.5 Å². The Hall–Kier alpha value is -2.65. The minimum absolute atomic E-state index is 0.0689. The number of aromatic nitrogens is 3. The van der Waals surface area contributed by atoms with E-state index in [1.807, 2.05) is 24.3 Å². The van der Waals surface area contributed by atoms with Crippen molar-refractivity contribution in [3.8, 4) is 11.6 Å². The molecule has 29 heavy (non-hydrogen) atoms. The van der Waals surface area contributed by atoms with Crippen LogP contribution in [0.1, 0.15) is 35.1 Å². The number of ether oxygens (including phenoxy) is 2. The Morgan fingerprint density at radius 3 is 2.69 bits per heavy atom. The molecule has 1 aliphatic heterocycles. The van der Waals surface area contributed by atoms with E-state index in [1.165, 1.54) is 27.9 Å². The van der Waals surface area contributed by atoms with E-state index in [4.69, 9.17) is 9.47 Å². The average molecular weight is 418 g/mol. The van der Waals surface area contributed by atoms with Crippen molar-refractivity contribution >= 4 is 22.3 Å². The Labute approximate surface area is 172 Å². The summed E-state index contributed by atoms with van der Waals surface area (Å²) in [5.74, 6) is 1.30. The maximum absolute atomic E-state index is 11.9. The summed E-state index contributed by atoms with van der Waals surface area (Å²) >= 11 is 1.44. The highest BCUT2D eigenvalue weighted by Gasteiger charge is 2.38. The zero-order chi connectivity index (χ0) is 20.5. The second kappa shape index (κ2) is 8.00. The molecule has 154 valence electrons. The van der Waals surface area contributed by atoms with Crippen LogP contribution in [0.3, 0.4) is 0 Å². The number of hydrogen-bond acceptors (Lipinski definition) is 7. The number of esters is 1. The number of aryl methyl sites for hydroxylation is 1. The Morgan fingerprint density at radius 2 is 2.03 bits per heavy atom. The lowest BCUT2D eigenvalue weighted by Gasteiger charge is -2.34. The normalized spacial score (nSPS) is 20.5. The van der Waals surface area contributed by atoms with Gasteiger partial charge in [0.05, 0.1) is 38.8 Å². The minimum Gasteiger partial charge on any atom is -0.496 e. The second-order valence-corrected chi connectivity index (χ2v) is 8.28. The lowest BCUT2D eigenvalue weighted by atomic mass is 9.93. The summed E-state index contributed by atoms with van der Waals surface area (Å²) in [6.07, 6.45) is 1.49. The van der Waals surface area contributed by atoms with E-state index >= 15 is 0 Å². The monoisotopic (exact) mass is 417 g/mol. The van der Waals surface area contributed by atoms with Crippen molar-refractivity contribution in [2.45, 2.75) is 25.8 Å². The summed E-state index contributed by atoms with van der Waals surface area (Å²) in [5.41, 5.74) is 0.998. The predicted octanol–water partition coefficient (Wildman–Crippen LogP) is 1.37. The van der Waals surface area contributed by atoms with E-state index in [-0.39, 0.29) is 23.8 Å². The van der Waals surface area contributed by atoms with Crippen LogP contribution in [-0.2, 0) is 9.53 Å². The summed E-state index contributed by atoms with van der Waals surface area (Å²) in [4.78, 5) is 19.1. The van der Waals surface area contributed by atoms with Gasteiger partial charge in [0.15, 0.2) is 6.04 Å². The first-order chi connectivity index (χ1) is 14.0. The van der Waals surface area contributed by atoms with Gasteiger partial charge in [-0.2, -0.15) is 4.52 Å². The zero-order valence-electron chi connectivity index (χ0n) is 16.7. The molecule has 0 saturated carbocycles. The molecule has 8 nitrogen and oxygen atoms in total. The molecule has 2 aromatic heterocycles. The summed E-state index contributed by atoms with van der Waals surface area (Å²) in [6, 6.07) is 7.73. The highest BCUT2D eigenvalue weighted by molar-refractivity contribution is 7.17. The standard InChI is InChI=1S/C20H24N4O4S/c1-12-21-20-24(22-12)18(25)17(29-20)16(14-6-4-5-7-15(14)27-2)23-10-8-13(9-11-23)19(26)28-3/h4-7,13,16,25H,8-11H2,1-3H3/p+1/t16-/m0/s1. The fourth-order valence-electron chi connectivity index (χ4n) is 4.17. The molecule has 0 aliphatic carbocycles. The number of piperidine rings is 1. The summed E-state index contributed by atoms with van der Waals surface area (Å²) in [6.45, 7) is 3.38. The lowest BCUT2D eigenvalue weighted by molar-refractivity contribution is -0.930. The van der Waals surface area contributed by atoms with Gasteiger partial charge in [-0.25, -0.2) is 4.98 Å². The number of benzene rings is 1. The van der Waals surface area contributed by atoms with E-state index < -0.39 is 0 Å². The van der Waals surface area contributed by atoms with E-state index in [9.17, 15) is 9.90 Å². The van der Waals surface area contributed by atoms with Gasteiger partial charge in [-0.05, 0) is 19.1 Å². The topological polar surface area (TPSA) is 90.4 Å². The fraction of sp³-hybridized carbons (Fsp3) is 0.450. The maximum atomic E-state index is 11.9. The maximum Gasteiger partial charge on any atom is 0.309 e. The number of methoxy groups -OCH3 is 2. The van der Waals surface area contributed by atoms with Crippen molar-refractivity contribution in [1.29, 1.82) is 0 Å². The highest BCUT2D eigenvalue weighted by Crippen LogP contribution is 2.38. The molecule has 1 atom stereocenters. The summed E-state index contributed by atoms with van der Waals surface area (Å²) < 4.78 is 12.1. The number of thiazole rings is 1. The number of nitrogens with zero attached hydrogens (tertiary/aromatic N) is 3. The Morgan fingerprint density at radius 1 is 1.31 bits per heavy atom. The Kier molecular flexibility index (Phi) is 5.42. The van der Waals surface area contributed by atoms with Crippen LogP contribution in [0.4, 0.5) is 0 Å². The van der Waals surface area contributed by atoms with Crippen LogP contribution in [0.25, 0.3) is 4.96 Å². The molecule has 1 aliphatic rings. The van der Waals surface area contributed by atoms with Gasteiger partial charge < -0.3 is 19.5 Å². The fourth-order valence-corrected chi connectivity index (χ4v) is 5.34. The third kappa shape index (κ3) is 3.56. The molecule has 0 bridgehead atoms. The summed E-state index contributed by atoms with van der Waals surface area (Å²) in [5, 5.41) is 15.3. The number of rotatable bonds is 5. The van der Waals surface area contributed by atoms with Crippen LogP contribution in [0.5, 0.6) is 11.6 Å². The number of carbonyl (C=O) groups is 1. The van der Waals surface area contributed by atoms with Gasteiger partial charge in [-0.15, -0.1) is 5.10 Å². The molecule has 1 aromatic carbocycles. The smallest absolute Gasteiger partial charge is 0.309 e. The molecule has 1 fully saturated rings. The molecule has 0 amide bonds. The van der Waals surface area contributed by atoms with Gasteiger partial charge >= 0.3 is 5.97 Å². The van der Waals surface area contributed by atoms with Crippen LogP contribution >= 0.6 is 11.3 Å². The van der Waals surface area contributed by atoms with Crippen molar-refractivity contribution in [3.63, 3.8) is 0 Å². The van der Waals surface area contributed by atoms with Gasteiger partial charge in [-0.3, -0.25) is 4.79 Å². The van der Waals surface area contributed by atoms with Crippen LogP contribution in [0, 0.1) is 12.8 Å². The first-order valence-corrected chi connectivity index (χ1v) is 10.5. The number of para-hydroxylation sites is 1. The molecule has 2 N–H and O–H groups in total. The van der Waals surface area contributed by atoms with Crippen LogP contribution in [0.15, 0.2) is 24.3 Å². The quantitative estimate of drug-likeness (QED) is 0.610. The SMILES string of the molecule is COC(=O)C1CC[NH+]([C@@H](c2ccccc2OC)c2sc3nc(C)nn3c2O)CC1. The van der Waals surface area contributed by atoms with Crippen molar-refractivity contribution in [1.82, 2.24) is 14.6 Å². The third-order valence-electron chi connectivity index (χ3n) is 5.59. The minimum atomic E-state index is -0.144. The first-order valence-electron chi connectivity index (χ1n) is 9.63. The molecule has 3 aromatic rings. The van der Waals surface area contributed by atoms with Crippen molar-refractivity contribution in [2.24, 2.45) is 5.92 Å². The number of aromatic hydroxyl groups is 1. The van der Waals surface area contributed by atoms with E-state index in [1.54, 1.807) is 14.0 Å². The molecule has 0 radical (unpaired) electrons. The average Bonchev–Trinajstić information content (AvgIpc) is 3.25. The zero-order valence-corrected chi connectivity index (χ0v) is 17.5.